The molecule has 2 N–H and O–H groups in total. The number of hydrogen-bond acceptors (Lipinski definition) is 6. The van der Waals surface area contributed by atoms with E-state index in [-0.39, 0.29) is 24.5 Å². The average Bonchev–Trinajstić information content (AvgIpc) is 3.25. The van der Waals surface area contributed by atoms with Gasteiger partial charge in [-0.3, -0.25) is 9.59 Å². The van der Waals surface area contributed by atoms with Crippen molar-refractivity contribution in [3.8, 4) is 0 Å². The van der Waals surface area contributed by atoms with Crippen LogP contribution in [0.15, 0.2) is 18.2 Å². The van der Waals surface area contributed by atoms with Gasteiger partial charge in [0.2, 0.25) is 5.95 Å². The zero-order valence-electron chi connectivity index (χ0n) is 22.5. The number of anilines is 1. The number of methoxy groups -OCH3 is 1. The van der Waals surface area contributed by atoms with Gasteiger partial charge in [-0.1, -0.05) is 46.0 Å². The van der Waals surface area contributed by atoms with Crippen LogP contribution in [0.1, 0.15) is 88.4 Å². The molecule has 0 saturated carbocycles. The van der Waals surface area contributed by atoms with Gasteiger partial charge >= 0.3 is 5.97 Å². The molecular formula is C28H45N5O3. The molecule has 2 aromatic rings. The first-order chi connectivity index (χ1) is 17.5. The van der Waals surface area contributed by atoms with E-state index in [1.807, 2.05) is 18.2 Å². The zero-order chi connectivity index (χ0) is 25.8. The lowest BCUT2D eigenvalue weighted by molar-refractivity contribution is -0.138. The Morgan fingerprint density at radius 3 is 2.42 bits per heavy atom. The molecule has 1 saturated heterocycles. The predicted molar refractivity (Wildman–Crippen MR) is 145 cm³/mol. The van der Waals surface area contributed by atoms with Crippen molar-refractivity contribution in [1.29, 1.82) is 0 Å². The molecule has 8 heteroatoms. The van der Waals surface area contributed by atoms with E-state index in [0.717, 1.165) is 69.1 Å². The number of aryl methyl sites for hydroxylation is 1. The summed E-state index contributed by atoms with van der Waals surface area (Å²) in [6, 6.07) is 5.91. The van der Waals surface area contributed by atoms with Gasteiger partial charge in [-0.25, -0.2) is 4.98 Å². The van der Waals surface area contributed by atoms with Gasteiger partial charge in [0.1, 0.15) is 6.54 Å². The first kappa shape index (κ1) is 28.0. The average molecular weight is 500 g/mol. The second-order valence-electron chi connectivity index (χ2n) is 9.93. The number of unbranched alkanes of at least 4 members (excludes halogenated alkanes) is 2. The molecule has 1 aromatic heterocycles. The number of aromatic nitrogens is 2. The highest BCUT2D eigenvalue weighted by atomic mass is 16.5. The van der Waals surface area contributed by atoms with Gasteiger partial charge in [-0.2, -0.15) is 0 Å². The number of ether oxygens (including phenoxy) is 1. The molecule has 3 rings (SSSR count). The Morgan fingerprint density at radius 1 is 1.03 bits per heavy atom. The first-order valence-corrected chi connectivity index (χ1v) is 13.9. The molecule has 1 aliphatic rings. The SMILES string of the molecule is CCCCC(CCCC)NC(=O)c1ccc2nc(NCC(=O)OC)n(CCCN3CCCCC3)c2c1. The fraction of sp³-hybridized carbons (Fsp3) is 0.679. The number of nitrogens with one attached hydrogen (secondary N) is 2. The topological polar surface area (TPSA) is 88.5 Å². The number of imidazole rings is 1. The van der Waals surface area contributed by atoms with E-state index < -0.39 is 0 Å². The number of amides is 1. The quantitative estimate of drug-likeness (QED) is 0.336. The second-order valence-corrected chi connectivity index (χ2v) is 9.93. The van der Waals surface area contributed by atoms with Crippen LogP contribution in [-0.2, 0) is 16.1 Å². The number of carbonyl (C=O) groups excluding carboxylic acids is 2. The van der Waals surface area contributed by atoms with Crippen molar-refractivity contribution >= 4 is 28.9 Å². The molecule has 1 aliphatic heterocycles. The van der Waals surface area contributed by atoms with Gasteiger partial charge in [0.05, 0.1) is 18.1 Å². The van der Waals surface area contributed by atoms with Crippen molar-refractivity contribution in [2.75, 3.05) is 38.6 Å². The fourth-order valence-corrected chi connectivity index (χ4v) is 4.94. The van der Waals surface area contributed by atoms with Crippen LogP contribution in [0.4, 0.5) is 5.95 Å². The number of hydrogen-bond donors (Lipinski definition) is 2. The molecule has 1 aromatic carbocycles. The van der Waals surface area contributed by atoms with Crippen LogP contribution in [0.25, 0.3) is 11.0 Å². The lowest BCUT2D eigenvalue weighted by Gasteiger charge is -2.26. The van der Waals surface area contributed by atoms with E-state index in [4.69, 9.17) is 9.72 Å². The summed E-state index contributed by atoms with van der Waals surface area (Å²) in [6.45, 7) is 8.55. The van der Waals surface area contributed by atoms with E-state index in [2.05, 4.69) is 33.9 Å². The summed E-state index contributed by atoms with van der Waals surface area (Å²) in [5.41, 5.74) is 2.37. The minimum atomic E-state index is -0.341. The molecule has 0 radical (unpaired) electrons. The van der Waals surface area contributed by atoms with Gasteiger partial charge in [-0.15, -0.1) is 0 Å². The maximum Gasteiger partial charge on any atom is 0.325 e. The number of carbonyl (C=O) groups is 2. The maximum absolute atomic E-state index is 13.2. The zero-order valence-corrected chi connectivity index (χ0v) is 22.5. The Labute approximate surface area is 216 Å². The molecule has 0 atom stereocenters. The number of rotatable bonds is 15. The van der Waals surface area contributed by atoms with Crippen molar-refractivity contribution in [3.63, 3.8) is 0 Å². The summed E-state index contributed by atoms with van der Waals surface area (Å²) in [5, 5.41) is 6.41. The molecule has 0 spiro atoms. The van der Waals surface area contributed by atoms with E-state index in [0.29, 0.717) is 11.5 Å². The Hall–Kier alpha value is -2.61. The lowest BCUT2D eigenvalue weighted by atomic mass is 10.0. The molecule has 1 amide bonds. The molecular weight excluding hydrogens is 454 g/mol. The summed E-state index contributed by atoms with van der Waals surface area (Å²) >= 11 is 0. The molecule has 200 valence electrons. The standard InChI is InChI=1S/C28H45N5O3/c1-4-6-12-23(13-7-5-2)30-27(35)22-14-15-24-25(20-22)33(28(31-24)29-21-26(34)36-3)19-11-18-32-16-9-8-10-17-32/h14-15,20,23H,4-13,16-19,21H2,1-3H3,(H,29,31)(H,30,35). The summed E-state index contributed by atoms with van der Waals surface area (Å²) < 4.78 is 6.89. The number of likely N-dealkylation sites (tertiary alicyclic amines) is 1. The van der Waals surface area contributed by atoms with Crippen LogP contribution in [-0.4, -0.2) is 65.7 Å². The number of esters is 1. The third kappa shape index (κ3) is 8.22. The van der Waals surface area contributed by atoms with Gasteiger partial charge < -0.3 is 24.8 Å². The van der Waals surface area contributed by atoms with Crippen molar-refractivity contribution in [1.82, 2.24) is 19.8 Å². The number of piperidine rings is 1. The normalized spacial score (nSPS) is 14.3. The lowest BCUT2D eigenvalue weighted by Crippen LogP contribution is -2.34. The largest absolute Gasteiger partial charge is 0.468 e. The number of fused-ring (bicyclic) bond motifs is 1. The van der Waals surface area contributed by atoms with Crippen LogP contribution in [0.3, 0.4) is 0 Å². The molecule has 1 fully saturated rings. The van der Waals surface area contributed by atoms with Gasteiger partial charge in [0.25, 0.3) is 5.91 Å². The van der Waals surface area contributed by atoms with Crippen LogP contribution in [0.5, 0.6) is 0 Å². The fourth-order valence-electron chi connectivity index (χ4n) is 4.94. The number of benzene rings is 1. The second kappa shape index (κ2) is 14.8. The highest BCUT2D eigenvalue weighted by molar-refractivity contribution is 5.98. The van der Waals surface area contributed by atoms with Crippen LogP contribution in [0.2, 0.25) is 0 Å². The highest BCUT2D eigenvalue weighted by Crippen LogP contribution is 2.23. The van der Waals surface area contributed by atoms with E-state index in [9.17, 15) is 9.59 Å². The molecule has 0 bridgehead atoms. The van der Waals surface area contributed by atoms with E-state index in [1.54, 1.807) is 0 Å². The van der Waals surface area contributed by atoms with Crippen LogP contribution < -0.4 is 10.6 Å². The molecule has 0 unspecified atom stereocenters. The first-order valence-electron chi connectivity index (χ1n) is 13.9. The minimum absolute atomic E-state index is 0.0285. The smallest absolute Gasteiger partial charge is 0.325 e. The Balaban J connectivity index is 1.78. The van der Waals surface area contributed by atoms with Gasteiger partial charge in [-0.05, 0) is 69.9 Å². The van der Waals surface area contributed by atoms with Crippen LogP contribution >= 0.6 is 0 Å². The van der Waals surface area contributed by atoms with Gasteiger partial charge in [0, 0.05) is 18.2 Å². The summed E-state index contributed by atoms with van der Waals surface area (Å²) in [4.78, 5) is 32.2. The van der Waals surface area contributed by atoms with Crippen molar-refractivity contribution in [3.05, 3.63) is 23.8 Å². The number of nitrogens with zero attached hydrogens (tertiary/aromatic N) is 3. The molecule has 8 nitrogen and oxygen atoms in total. The maximum atomic E-state index is 13.2. The summed E-state index contributed by atoms with van der Waals surface area (Å²) in [6.07, 6.45) is 11.4. The van der Waals surface area contributed by atoms with Crippen molar-refractivity contribution in [2.24, 2.45) is 0 Å². The Morgan fingerprint density at radius 2 is 1.75 bits per heavy atom. The van der Waals surface area contributed by atoms with Gasteiger partial charge in [0.15, 0.2) is 0 Å². The summed E-state index contributed by atoms with van der Waals surface area (Å²) in [7, 11) is 1.38. The third-order valence-corrected chi connectivity index (χ3v) is 7.08. The van der Waals surface area contributed by atoms with E-state index >= 15 is 0 Å². The molecule has 2 heterocycles. The van der Waals surface area contributed by atoms with E-state index in [1.165, 1.54) is 39.5 Å². The Bertz CT molecular complexity index is 959. The minimum Gasteiger partial charge on any atom is -0.468 e. The van der Waals surface area contributed by atoms with Crippen molar-refractivity contribution in [2.45, 2.75) is 90.6 Å². The monoisotopic (exact) mass is 499 g/mol. The molecule has 0 aliphatic carbocycles. The highest BCUT2D eigenvalue weighted by Gasteiger charge is 2.18. The molecule has 36 heavy (non-hydrogen) atoms. The third-order valence-electron chi connectivity index (χ3n) is 7.08. The van der Waals surface area contributed by atoms with Crippen LogP contribution in [0, 0.1) is 0 Å². The van der Waals surface area contributed by atoms with Crippen molar-refractivity contribution < 1.29 is 14.3 Å². The Kier molecular flexibility index (Phi) is 11.5. The predicted octanol–water partition coefficient (Wildman–Crippen LogP) is 4.98. The summed E-state index contributed by atoms with van der Waals surface area (Å²) in [5.74, 6) is 0.266.